The van der Waals surface area contributed by atoms with Crippen molar-refractivity contribution in [3.8, 4) is 0 Å². The number of ketones is 1. The maximum absolute atomic E-state index is 11.9. The van der Waals surface area contributed by atoms with E-state index in [-0.39, 0.29) is 18.1 Å². The van der Waals surface area contributed by atoms with E-state index < -0.39 is 0 Å². The first-order valence-corrected chi connectivity index (χ1v) is 5.83. The van der Waals surface area contributed by atoms with Gasteiger partial charge in [0, 0.05) is 25.5 Å². The Bertz CT molecular complexity index is 435. The van der Waals surface area contributed by atoms with Gasteiger partial charge in [-0.25, -0.2) is 4.98 Å². The standard InChI is InChI=1S/C12H17N3O2/c1-9(16)7-12(17)15(10-3-4-10)8-11-13-5-6-14(11)2/h5-6,10H,3-4,7-8H2,1-2H3. The number of amides is 1. The van der Waals surface area contributed by atoms with E-state index in [1.54, 1.807) is 11.1 Å². The third-order valence-corrected chi connectivity index (χ3v) is 2.94. The van der Waals surface area contributed by atoms with Gasteiger partial charge in [-0.15, -0.1) is 0 Å². The molecular weight excluding hydrogens is 218 g/mol. The summed E-state index contributed by atoms with van der Waals surface area (Å²) < 4.78 is 1.90. The van der Waals surface area contributed by atoms with Gasteiger partial charge in [0.2, 0.25) is 5.91 Å². The van der Waals surface area contributed by atoms with Crippen LogP contribution in [-0.4, -0.2) is 32.2 Å². The summed E-state index contributed by atoms with van der Waals surface area (Å²) in [6.07, 6.45) is 5.65. The predicted molar refractivity (Wildman–Crippen MR) is 62.1 cm³/mol. The smallest absolute Gasteiger partial charge is 0.230 e. The second kappa shape index (κ2) is 4.69. The van der Waals surface area contributed by atoms with Gasteiger partial charge < -0.3 is 9.47 Å². The molecule has 0 bridgehead atoms. The van der Waals surface area contributed by atoms with E-state index in [1.165, 1.54) is 6.92 Å². The molecule has 0 aromatic carbocycles. The summed E-state index contributed by atoms with van der Waals surface area (Å²) in [5, 5.41) is 0. The summed E-state index contributed by atoms with van der Waals surface area (Å²) >= 11 is 0. The Morgan fingerprint density at radius 3 is 2.71 bits per heavy atom. The van der Waals surface area contributed by atoms with Crippen LogP contribution >= 0.6 is 0 Å². The lowest BCUT2D eigenvalue weighted by Crippen LogP contribution is -2.34. The molecule has 0 aliphatic heterocycles. The topological polar surface area (TPSA) is 55.2 Å². The highest BCUT2D eigenvalue weighted by atomic mass is 16.2. The van der Waals surface area contributed by atoms with Crippen LogP contribution in [0.4, 0.5) is 0 Å². The van der Waals surface area contributed by atoms with Crippen LogP contribution in [0.5, 0.6) is 0 Å². The minimum atomic E-state index is -0.0829. The molecule has 0 spiro atoms. The van der Waals surface area contributed by atoms with Crippen molar-refractivity contribution in [2.45, 2.75) is 38.8 Å². The van der Waals surface area contributed by atoms with Crippen molar-refractivity contribution in [2.75, 3.05) is 0 Å². The van der Waals surface area contributed by atoms with Gasteiger partial charge in [0.15, 0.2) is 0 Å². The fraction of sp³-hybridized carbons (Fsp3) is 0.583. The highest BCUT2D eigenvalue weighted by Gasteiger charge is 2.33. The van der Waals surface area contributed by atoms with Crippen LogP contribution in [0, 0.1) is 0 Å². The number of nitrogens with zero attached hydrogens (tertiary/aromatic N) is 3. The molecule has 1 heterocycles. The largest absolute Gasteiger partial charge is 0.337 e. The molecule has 1 aliphatic carbocycles. The highest BCUT2D eigenvalue weighted by molar-refractivity contribution is 5.96. The molecule has 0 saturated heterocycles. The molecule has 5 heteroatoms. The van der Waals surface area contributed by atoms with E-state index in [9.17, 15) is 9.59 Å². The zero-order chi connectivity index (χ0) is 12.4. The monoisotopic (exact) mass is 235 g/mol. The second-order valence-electron chi connectivity index (χ2n) is 4.59. The number of rotatable bonds is 5. The lowest BCUT2D eigenvalue weighted by atomic mass is 10.2. The van der Waals surface area contributed by atoms with Crippen LogP contribution in [0.3, 0.4) is 0 Å². The fourth-order valence-electron chi connectivity index (χ4n) is 1.82. The highest BCUT2D eigenvalue weighted by Crippen LogP contribution is 2.28. The maximum Gasteiger partial charge on any atom is 0.230 e. The van der Waals surface area contributed by atoms with Crippen molar-refractivity contribution in [2.24, 2.45) is 7.05 Å². The molecule has 5 nitrogen and oxygen atoms in total. The lowest BCUT2D eigenvalue weighted by Gasteiger charge is -2.21. The van der Waals surface area contributed by atoms with Crippen LogP contribution in [-0.2, 0) is 23.2 Å². The van der Waals surface area contributed by atoms with Crippen LogP contribution in [0.15, 0.2) is 12.4 Å². The zero-order valence-corrected chi connectivity index (χ0v) is 10.2. The normalized spacial score (nSPS) is 14.7. The van der Waals surface area contributed by atoms with Crippen LogP contribution < -0.4 is 0 Å². The third-order valence-electron chi connectivity index (χ3n) is 2.94. The van der Waals surface area contributed by atoms with Crippen LogP contribution in [0.1, 0.15) is 32.0 Å². The lowest BCUT2D eigenvalue weighted by molar-refractivity contribution is -0.135. The predicted octanol–water partition coefficient (Wildman–Crippen LogP) is 0.890. The van der Waals surface area contributed by atoms with Gasteiger partial charge in [0.1, 0.15) is 11.6 Å². The molecule has 0 atom stereocenters. The van der Waals surface area contributed by atoms with E-state index in [1.807, 2.05) is 17.8 Å². The molecule has 1 aromatic rings. The molecule has 1 aromatic heterocycles. The van der Waals surface area contributed by atoms with Crippen molar-refractivity contribution in [1.82, 2.24) is 14.5 Å². The Kier molecular flexibility index (Phi) is 3.26. The van der Waals surface area contributed by atoms with Crippen molar-refractivity contribution >= 4 is 11.7 Å². The van der Waals surface area contributed by atoms with E-state index in [0.717, 1.165) is 18.7 Å². The number of hydrogen-bond acceptors (Lipinski definition) is 3. The van der Waals surface area contributed by atoms with E-state index >= 15 is 0 Å². The Balaban J connectivity index is 2.05. The van der Waals surface area contributed by atoms with Crippen LogP contribution in [0.25, 0.3) is 0 Å². The molecule has 0 radical (unpaired) electrons. The van der Waals surface area contributed by atoms with Crippen molar-refractivity contribution < 1.29 is 9.59 Å². The summed E-state index contributed by atoms with van der Waals surface area (Å²) in [5.74, 6) is 0.692. The number of Topliss-reactive ketones (excluding diaryl/α,β-unsaturated/α-hetero) is 1. The first-order chi connectivity index (χ1) is 8.08. The molecule has 1 saturated carbocycles. The summed E-state index contributed by atoms with van der Waals surface area (Å²) in [5.41, 5.74) is 0. The van der Waals surface area contributed by atoms with E-state index in [2.05, 4.69) is 4.98 Å². The molecule has 0 N–H and O–H groups in total. The molecule has 0 unspecified atom stereocenters. The summed E-state index contributed by atoms with van der Waals surface area (Å²) in [6.45, 7) is 1.95. The van der Waals surface area contributed by atoms with E-state index in [0.29, 0.717) is 12.6 Å². The summed E-state index contributed by atoms with van der Waals surface area (Å²) in [6, 6.07) is 0.304. The van der Waals surface area contributed by atoms with Gasteiger partial charge in [0.25, 0.3) is 0 Å². The average Bonchev–Trinajstić information content (AvgIpc) is 2.99. The average molecular weight is 235 g/mol. The Hall–Kier alpha value is -1.65. The van der Waals surface area contributed by atoms with Gasteiger partial charge in [-0.1, -0.05) is 0 Å². The number of carbonyl (C=O) groups excluding carboxylic acids is 2. The molecule has 2 rings (SSSR count). The summed E-state index contributed by atoms with van der Waals surface area (Å²) in [4.78, 5) is 28.9. The Morgan fingerprint density at radius 2 is 2.24 bits per heavy atom. The zero-order valence-electron chi connectivity index (χ0n) is 10.2. The van der Waals surface area contributed by atoms with Gasteiger partial charge in [-0.2, -0.15) is 0 Å². The number of aromatic nitrogens is 2. The van der Waals surface area contributed by atoms with E-state index in [4.69, 9.17) is 0 Å². The molecule has 1 aliphatic rings. The number of aryl methyl sites for hydroxylation is 1. The van der Waals surface area contributed by atoms with Gasteiger partial charge in [-0.05, 0) is 19.8 Å². The fourth-order valence-corrected chi connectivity index (χ4v) is 1.82. The molecule has 92 valence electrons. The SMILES string of the molecule is CC(=O)CC(=O)N(Cc1nccn1C)C1CC1. The third kappa shape index (κ3) is 2.93. The Morgan fingerprint density at radius 1 is 1.53 bits per heavy atom. The van der Waals surface area contributed by atoms with Gasteiger partial charge in [-0.3, -0.25) is 9.59 Å². The number of hydrogen-bond donors (Lipinski definition) is 0. The second-order valence-corrected chi connectivity index (χ2v) is 4.59. The minimum absolute atomic E-state index is 0.000916. The van der Waals surface area contributed by atoms with Crippen molar-refractivity contribution in [3.63, 3.8) is 0 Å². The van der Waals surface area contributed by atoms with Crippen molar-refractivity contribution in [3.05, 3.63) is 18.2 Å². The van der Waals surface area contributed by atoms with Crippen LogP contribution in [0.2, 0.25) is 0 Å². The molecular formula is C12H17N3O2. The number of carbonyl (C=O) groups is 2. The molecule has 17 heavy (non-hydrogen) atoms. The maximum atomic E-state index is 11.9. The van der Waals surface area contributed by atoms with Gasteiger partial charge in [0.05, 0.1) is 13.0 Å². The first kappa shape index (κ1) is 11.8. The quantitative estimate of drug-likeness (QED) is 0.712. The molecule has 1 amide bonds. The van der Waals surface area contributed by atoms with Crippen molar-refractivity contribution in [1.29, 1.82) is 0 Å². The summed E-state index contributed by atoms with van der Waals surface area (Å²) in [7, 11) is 1.91. The first-order valence-electron chi connectivity index (χ1n) is 5.83. The number of imidazole rings is 1. The van der Waals surface area contributed by atoms with Gasteiger partial charge >= 0.3 is 0 Å². The Labute approximate surface area is 100 Å². The molecule has 1 fully saturated rings. The minimum Gasteiger partial charge on any atom is -0.337 e.